The van der Waals surface area contributed by atoms with Crippen LogP contribution in [0.4, 0.5) is 4.79 Å². The summed E-state index contributed by atoms with van der Waals surface area (Å²) < 4.78 is 8.38. The molecule has 2 amide bonds. The molecule has 6 heavy (non-hydrogen) atoms. The number of amides is 2. The van der Waals surface area contributed by atoms with E-state index in [1.807, 2.05) is 0 Å². The van der Waals surface area contributed by atoms with Gasteiger partial charge in [0.25, 0.3) is 0 Å². The summed E-state index contributed by atoms with van der Waals surface area (Å²) in [6.45, 7) is 0. The van der Waals surface area contributed by atoms with E-state index in [0.717, 1.165) is 0 Å². The Morgan fingerprint density at radius 2 is 1.33 bits per heavy atom. The fraction of sp³-hybridized carbons (Fsp3) is 0. The van der Waals surface area contributed by atoms with Gasteiger partial charge in [-0.1, -0.05) is 0 Å². The molecule has 0 saturated carbocycles. The third-order valence-electron chi connectivity index (χ3n) is 0. The first kappa shape index (κ1) is 9.19. The Balaban J connectivity index is 0. The zero-order valence-corrected chi connectivity index (χ0v) is 6.15. The zero-order chi connectivity index (χ0) is 5.58. The molecular weight excluding hydrogens is 137 g/mol. The third kappa shape index (κ3) is 285. The summed E-state index contributed by atoms with van der Waals surface area (Å²) in [6.07, 6.45) is 0. The first-order chi connectivity index (χ1) is 2.73. The minimum atomic E-state index is -0.833. The van der Waals surface area contributed by atoms with Crippen LogP contribution in [-0.4, -0.2) is 6.03 Å². The van der Waals surface area contributed by atoms with Crippen LogP contribution in [0.2, 0.25) is 0 Å². The Labute approximate surface area is 44.8 Å². The fourth-order valence-electron chi connectivity index (χ4n) is 0. The molecule has 0 aromatic heterocycles. The number of hydrogen-bond acceptors (Lipinski definition) is 2. The van der Waals surface area contributed by atoms with Gasteiger partial charge in [0.05, 0.1) is 0 Å². The third-order valence-corrected chi connectivity index (χ3v) is 0. The molecule has 0 rings (SSSR count). The van der Waals surface area contributed by atoms with Crippen LogP contribution in [0.3, 0.4) is 0 Å². The molecule has 32 valence electrons. The van der Waals surface area contributed by atoms with Gasteiger partial charge in [-0.2, -0.15) is 0 Å². The van der Waals surface area contributed by atoms with E-state index in [1.165, 1.54) is 0 Å². The number of carbonyl (C=O) groups is 1. The summed E-state index contributed by atoms with van der Waals surface area (Å²) >= 11 is 0.125. The van der Waals surface area contributed by atoms with Crippen molar-refractivity contribution in [3.8, 4) is 0 Å². The Morgan fingerprint density at radius 1 is 1.33 bits per heavy atom. The van der Waals surface area contributed by atoms with E-state index >= 15 is 0 Å². The van der Waals surface area contributed by atoms with Crippen LogP contribution >= 0.6 is 0 Å². The van der Waals surface area contributed by atoms with Crippen LogP contribution < -0.4 is 11.5 Å². The minimum absolute atomic E-state index is 0.125. The molecule has 0 saturated heterocycles. The van der Waals surface area contributed by atoms with E-state index in [0.29, 0.717) is 0 Å². The molecule has 0 aliphatic rings. The number of urea groups is 1. The fourth-order valence-corrected chi connectivity index (χ4v) is 0. The molecule has 0 bridgehead atoms. The molecule has 0 aromatic carbocycles. The Morgan fingerprint density at radius 3 is 1.33 bits per heavy atom. The average Bonchev–Trinajstić information content (AvgIpc) is 1.41. The normalized spacial score (nSPS) is 5.00. The van der Waals surface area contributed by atoms with Gasteiger partial charge in [-0.15, -0.1) is 0 Å². The standard InChI is InChI=1S/CH4N2O.O.Zn/c2-1(3)4;;/h(H4,2,3,4);;. The van der Waals surface area contributed by atoms with Crippen LogP contribution in [0.15, 0.2) is 0 Å². The summed E-state index contributed by atoms with van der Waals surface area (Å²) in [5, 5.41) is 0. The number of rotatable bonds is 0. The predicted octanol–water partition coefficient (Wildman–Crippen LogP) is -1.10. The van der Waals surface area contributed by atoms with E-state index in [1.54, 1.807) is 0 Å². The first-order valence-corrected chi connectivity index (χ1v) is 2.28. The van der Waals surface area contributed by atoms with Gasteiger partial charge in [-0.3, -0.25) is 0 Å². The second-order valence-corrected chi connectivity index (χ2v) is 0.402. The quantitative estimate of drug-likeness (QED) is 0.420. The Kier molecular flexibility index (Phi) is 13.5. The van der Waals surface area contributed by atoms with Crippen LogP contribution in [-0.2, 0) is 21.8 Å². The van der Waals surface area contributed by atoms with Crippen molar-refractivity contribution in [1.29, 1.82) is 0 Å². The summed E-state index contributed by atoms with van der Waals surface area (Å²) in [7, 11) is 0. The summed E-state index contributed by atoms with van der Waals surface area (Å²) in [6, 6.07) is -0.833. The van der Waals surface area contributed by atoms with Crippen LogP contribution in [0.5, 0.6) is 0 Å². The number of nitrogens with two attached hydrogens (primary N) is 2. The van der Waals surface area contributed by atoms with E-state index < -0.39 is 6.03 Å². The van der Waals surface area contributed by atoms with Gasteiger partial charge >= 0.3 is 27.9 Å². The van der Waals surface area contributed by atoms with Crippen molar-refractivity contribution in [1.82, 2.24) is 0 Å². The van der Waals surface area contributed by atoms with Crippen molar-refractivity contribution in [3.05, 3.63) is 0 Å². The van der Waals surface area contributed by atoms with Crippen molar-refractivity contribution in [2.45, 2.75) is 0 Å². The Bertz CT molecular complexity index is 42.8. The number of carbonyl (C=O) groups excluding carboxylic acids is 1. The van der Waals surface area contributed by atoms with Crippen molar-refractivity contribution in [2.24, 2.45) is 11.5 Å². The second-order valence-electron chi connectivity index (χ2n) is 0.402. The molecule has 0 aliphatic carbocycles. The van der Waals surface area contributed by atoms with Crippen molar-refractivity contribution >= 4 is 6.03 Å². The molecule has 0 spiro atoms. The molecule has 0 fully saturated rings. The van der Waals surface area contributed by atoms with Crippen molar-refractivity contribution in [3.63, 3.8) is 0 Å². The topological polar surface area (TPSA) is 86.2 Å². The maximum absolute atomic E-state index is 9.00. The van der Waals surface area contributed by atoms with Gasteiger partial charge in [0.2, 0.25) is 0 Å². The molecule has 5 heteroatoms. The van der Waals surface area contributed by atoms with Gasteiger partial charge in [-0.25, -0.2) is 4.79 Å². The number of primary amides is 2. The maximum atomic E-state index is 9.00. The van der Waals surface area contributed by atoms with E-state index in [-0.39, 0.29) is 18.3 Å². The molecule has 4 nitrogen and oxygen atoms in total. The first-order valence-electron chi connectivity index (χ1n) is 1.07. The van der Waals surface area contributed by atoms with E-state index in [9.17, 15) is 0 Å². The van der Waals surface area contributed by atoms with E-state index in [4.69, 9.17) is 8.37 Å². The van der Waals surface area contributed by atoms with Gasteiger partial charge in [0, 0.05) is 0 Å². The van der Waals surface area contributed by atoms with Gasteiger partial charge in [0.15, 0.2) is 0 Å². The molecule has 4 N–H and O–H groups in total. The van der Waals surface area contributed by atoms with Gasteiger partial charge < -0.3 is 11.5 Å². The van der Waals surface area contributed by atoms with Crippen LogP contribution in [0.1, 0.15) is 0 Å². The van der Waals surface area contributed by atoms with E-state index in [2.05, 4.69) is 11.5 Å². The van der Waals surface area contributed by atoms with Crippen molar-refractivity contribution in [2.75, 3.05) is 0 Å². The Hall–Kier alpha value is -0.307. The second kappa shape index (κ2) is 8.83. The summed E-state index contributed by atoms with van der Waals surface area (Å²) in [4.78, 5) is 9.00. The monoisotopic (exact) mass is 140 g/mol. The molecule has 0 aliphatic heterocycles. The molecule has 0 atom stereocenters. The predicted molar refractivity (Wildman–Crippen MR) is 14.5 cm³/mol. The van der Waals surface area contributed by atoms with Gasteiger partial charge in [-0.05, 0) is 0 Å². The van der Waals surface area contributed by atoms with Crippen LogP contribution in [0, 0.1) is 0 Å². The zero-order valence-electron chi connectivity index (χ0n) is 3.18. The molecule has 0 radical (unpaired) electrons. The number of hydrogen-bond donors (Lipinski definition) is 2. The van der Waals surface area contributed by atoms with Gasteiger partial charge in [0.1, 0.15) is 0 Å². The summed E-state index contributed by atoms with van der Waals surface area (Å²) in [5.74, 6) is 0. The molecule has 0 aromatic rings. The van der Waals surface area contributed by atoms with Crippen LogP contribution in [0.25, 0.3) is 0 Å². The molecular formula is CH4N2O2Zn. The molecule has 0 heterocycles. The average molecular weight is 141 g/mol. The van der Waals surface area contributed by atoms with Crippen molar-refractivity contribution < 1.29 is 26.6 Å². The SMILES string of the molecule is NC(N)=O.[O]=[Zn]. The molecule has 0 unspecified atom stereocenters. The summed E-state index contributed by atoms with van der Waals surface area (Å²) in [5.41, 5.74) is 8.50.